The maximum Gasteiger partial charge on any atom is 0.228 e. The Morgan fingerprint density at radius 1 is 1.25 bits per heavy atom. The van der Waals surface area contributed by atoms with Gasteiger partial charge in [-0.1, -0.05) is 36.4 Å². The van der Waals surface area contributed by atoms with Gasteiger partial charge in [-0.05, 0) is 22.8 Å². The number of fused-ring (bicyclic) bond motifs is 1. The highest BCUT2D eigenvalue weighted by Gasteiger charge is 2.23. The fourth-order valence-electron chi connectivity index (χ4n) is 2.47. The first-order valence-electron chi connectivity index (χ1n) is 6.47. The molecule has 2 N–H and O–H groups in total. The Morgan fingerprint density at radius 3 is 2.75 bits per heavy atom. The summed E-state index contributed by atoms with van der Waals surface area (Å²) < 4.78 is 13.9. The molecule has 3 nitrogen and oxygen atoms in total. The van der Waals surface area contributed by atoms with E-state index in [-0.39, 0.29) is 18.0 Å². The standard InChI is InChI=1S/C16H14FNO2/c17-13-8-11(7-12-9-15(20)18-16(12)13)14(19)6-10-4-2-1-3-5-10/h1-5,7-8,14,19H,6,9H2,(H,18,20). The summed E-state index contributed by atoms with van der Waals surface area (Å²) in [6.45, 7) is 0. The van der Waals surface area contributed by atoms with E-state index in [4.69, 9.17) is 0 Å². The Balaban J connectivity index is 1.86. The van der Waals surface area contributed by atoms with Crippen LogP contribution in [0.15, 0.2) is 42.5 Å². The van der Waals surface area contributed by atoms with Crippen molar-refractivity contribution in [2.24, 2.45) is 0 Å². The van der Waals surface area contributed by atoms with E-state index in [1.165, 1.54) is 6.07 Å². The predicted molar refractivity (Wildman–Crippen MR) is 73.8 cm³/mol. The summed E-state index contributed by atoms with van der Waals surface area (Å²) in [5.74, 6) is -0.705. The number of benzene rings is 2. The van der Waals surface area contributed by atoms with E-state index < -0.39 is 11.9 Å². The van der Waals surface area contributed by atoms with Crippen molar-refractivity contribution in [3.63, 3.8) is 0 Å². The molecular formula is C16H14FNO2. The molecule has 0 aromatic heterocycles. The molecule has 4 heteroatoms. The van der Waals surface area contributed by atoms with Gasteiger partial charge in [0, 0.05) is 6.42 Å². The number of aliphatic hydroxyl groups is 1. The molecule has 1 amide bonds. The average Bonchev–Trinajstić information content (AvgIpc) is 2.81. The quantitative estimate of drug-likeness (QED) is 0.901. The first-order chi connectivity index (χ1) is 9.63. The molecule has 0 bridgehead atoms. The first-order valence-corrected chi connectivity index (χ1v) is 6.47. The summed E-state index contributed by atoms with van der Waals surface area (Å²) in [5.41, 5.74) is 2.33. The highest BCUT2D eigenvalue weighted by molar-refractivity contribution is 5.99. The van der Waals surface area contributed by atoms with Gasteiger partial charge in [0.25, 0.3) is 0 Å². The monoisotopic (exact) mass is 271 g/mol. The first kappa shape index (κ1) is 12.8. The summed E-state index contributed by atoms with van der Waals surface area (Å²) in [6.07, 6.45) is -0.202. The van der Waals surface area contributed by atoms with Gasteiger partial charge < -0.3 is 10.4 Å². The molecule has 1 atom stereocenters. The number of carbonyl (C=O) groups excluding carboxylic acids is 1. The fourth-order valence-corrected chi connectivity index (χ4v) is 2.47. The molecule has 0 aliphatic carbocycles. The smallest absolute Gasteiger partial charge is 0.228 e. The molecule has 0 spiro atoms. The minimum absolute atomic E-state index is 0.165. The molecule has 0 fully saturated rings. The van der Waals surface area contributed by atoms with Crippen molar-refractivity contribution in [1.29, 1.82) is 0 Å². The fraction of sp³-hybridized carbons (Fsp3) is 0.188. The third-order valence-corrected chi connectivity index (χ3v) is 3.47. The van der Waals surface area contributed by atoms with Gasteiger partial charge >= 0.3 is 0 Å². The minimum atomic E-state index is -0.784. The van der Waals surface area contributed by atoms with Crippen molar-refractivity contribution >= 4 is 11.6 Å². The van der Waals surface area contributed by atoms with Crippen molar-refractivity contribution in [3.05, 3.63) is 65.0 Å². The van der Waals surface area contributed by atoms with Gasteiger partial charge in [0.15, 0.2) is 0 Å². The number of rotatable bonds is 3. The largest absolute Gasteiger partial charge is 0.388 e. The van der Waals surface area contributed by atoms with Crippen molar-refractivity contribution < 1.29 is 14.3 Å². The topological polar surface area (TPSA) is 49.3 Å². The third kappa shape index (κ3) is 2.42. The number of halogens is 1. The van der Waals surface area contributed by atoms with Gasteiger partial charge in [0.05, 0.1) is 18.2 Å². The lowest BCUT2D eigenvalue weighted by Gasteiger charge is -2.13. The summed E-state index contributed by atoms with van der Waals surface area (Å²) in [5, 5.41) is 12.7. The Morgan fingerprint density at radius 2 is 2.00 bits per heavy atom. The van der Waals surface area contributed by atoms with Crippen LogP contribution in [0.4, 0.5) is 10.1 Å². The maximum atomic E-state index is 13.9. The number of hydrogen-bond donors (Lipinski definition) is 2. The number of hydrogen-bond acceptors (Lipinski definition) is 2. The van der Waals surface area contributed by atoms with E-state index in [0.29, 0.717) is 17.5 Å². The zero-order chi connectivity index (χ0) is 14.1. The molecule has 0 saturated heterocycles. The predicted octanol–water partition coefficient (Wildman–Crippen LogP) is 2.60. The lowest BCUT2D eigenvalue weighted by Crippen LogP contribution is -2.05. The molecule has 2 aromatic carbocycles. The van der Waals surface area contributed by atoms with Crippen LogP contribution >= 0.6 is 0 Å². The molecule has 0 radical (unpaired) electrons. The minimum Gasteiger partial charge on any atom is -0.388 e. The highest BCUT2D eigenvalue weighted by Crippen LogP contribution is 2.30. The Kier molecular flexibility index (Phi) is 3.24. The molecule has 1 aliphatic heterocycles. The van der Waals surface area contributed by atoms with E-state index in [9.17, 15) is 14.3 Å². The number of carbonyl (C=O) groups is 1. The van der Waals surface area contributed by atoms with E-state index >= 15 is 0 Å². The second kappa shape index (κ2) is 5.06. The van der Waals surface area contributed by atoms with Crippen LogP contribution in [0.1, 0.15) is 22.8 Å². The lowest BCUT2D eigenvalue weighted by atomic mass is 9.98. The van der Waals surface area contributed by atoms with Gasteiger partial charge in [-0.3, -0.25) is 4.79 Å². The van der Waals surface area contributed by atoms with E-state index in [2.05, 4.69) is 5.32 Å². The third-order valence-electron chi connectivity index (χ3n) is 3.47. The van der Waals surface area contributed by atoms with E-state index in [1.807, 2.05) is 30.3 Å². The molecule has 1 unspecified atom stereocenters. The number of nitrogens with one attached hydrogen (secondary N) is 1. The molecule has 2 aromatic rings. The van der Waals surface area contributed by atoms with Crippen LogP contribution in [0.5, 0.6) is 0 Å². The maximum absolute atomic E-state index is 13.9. The number of amides is 1. The molecular weight excluding hydrogens is 257 g/mol. The number of aliphatic hydroxyl groups excluding tert-OH is 1. The summed E-state index contributed by atoms with van der Waals surface area (Å²) in [6, 6.07) is 12.5. The Hall–Kier alpha value is -2.20. The molecule has 1 aliphatic rings. The van der Waals surface area contributed by atoms with Crippen molar-refractivity contribution in [3.8, 4) is 0 Å². The van der Waals surface area contributed by atoms with Crippen LogP contribution in [0, 0.1) is 5.82 Å². The van der Waals surface area contributed by atoms with Crippen LogP contribution in [0.3, 0.4) is 0 Å². The molecule has 20 heavy (non-hydrogen) atoms. The van der Waals surface area contributed by atoms with Crippen molar-refractivity contribution in [2.75, 3.05) is 5.32 Å². The SMILES string of the molecule is O=C1Cc2cc(C(O)Cc3ccccc3)cc(F)c2N1. The number of anilines is 1. The zero-order valence-corrected chi connectivity index (χ0v) is 10.8. The normalized spacial score (nSPS) is 14.8. The van der Waals surface area contributed by atoms with Gasteiger partial charge in [-0.2, -0.15) is 0 Å². The van der Waals surface area contributed by atoms with Crippen LogP contribution in [0.25, 0.3) is 0 Å². The molecule has 3 rings (SSSR count). The van der Waals surface area contributed by atoms with Crippen molar-refractivity contribution in [1.82, 2.24) is 0 Å². The second-order valence-corrected chi connectivity index (χ2v) is 4.97. The highest BCUT2D eigenvalue weighted by atomic mass is 19.1. The summed E-state index contributed by atoms with van der Waals surface area (Å²) >= 11 is 0. The van der Waals surface area contributed by atoms with Gasteiger partial charge in [0.2, 0.25) is 5.91 Å². The lowest BCUT2D eigenvalue weighted by molar-refractivity contribution is -0.115. The van der Waals surface area contributed by atoms with Crippen LogP contribution in [0.2, 0.25) is 0 Å². The van der Waals surface area contributed by atoms with Gasteiger partial charge in [0.1, 0.15) is 5.82 Å². The van der Waals surface area contributed by atoms with Gasteiger partial charge in [-0.15, -0.1) is 0 Å². The summed E-state index contributed by atoms with van der Waals surface area (Å²) in [4.78, 5) is 11.3. The van der Waals surface area contributed by atoms with Crippen LogP contribution in [-0.4, -0.2) is 11.0 Å². The Bertz CT molecular complexity index is 655. The molecule has 0 saturated carbocycles. The second-order valence-electron chi connectivity index (χ2n) is 4.97. The van der Waals surface area contributed by atoms with Gasteiger partial charge in [-0.25, -0.2) is 4.39 Å². The molecule has 1 heterocycles. The van der Waals surface area contributed by atoms with Crippen LogP contribution < -0.4 is 5.32 Å². The average molecular weight is 271 g/mol. The van der Waals surface area contributed by atoms with E-state index in [1.54, 1.807) is 6.07 Å². The van der Waals surface area contributed by atoms with Crippen LogP contribution in [-0.2, 0) is 17.6 Å². The molecule has 102 valence electrons. The van der Waals surface area contributed by atoms with Crippen molar-refractivity contribution in [2.45, 2.75) is 18.9 Å². The summed E-state index contributed by atoms with van der Waals surface area (Å²) in [7, 11) is 0. The Labute approximate surface area is 116 Å². The van der Waals surface area contributed by atoms with E-state index in [0.717, 1.165) is 5.56 Å². The zero-order valence-electron chi connectivity index (χ0n) is 10.8.